The van der Waals surface area contributed by atoms with Gasteiger partial charge in [0.05, 0.1) is 5.25 Å². The molecule has 25 heavy (non-hydrogen) atoms. The van der Waals surface area contributed by atoms with Gasteiger partial charge in [-0.15, -0.1) is 10.2 Å². The van der Waals surface area contributed by atoms with Crippen LogP contribution in [0, 0.1) is 0 Å². The Hall–Kier alpha value is -1.82. The normalized spacial score (nSPS) is 16.6. The largest absolute Gasteiger partial charge is 0.352 e. The molecule has 0 aliphatic heterocycles. The third kappa shape index (κ3) is 4.84. The maximum atomic E-state index is 12.4. The van der Waals surface area contributed by atoms with Crippen LogP contribution < -0.4 is 5.32 Å². The molecule has 0 spiro atoms. The van der Waals surface area contributed by atoms with Crippen molar-refractivity contribution in [2.75, 3.05) is 0 Å². The number of hydrogen-bond donors (Lipinski definition) is 1. The summed E-state index contributed by atoms with van der Waals surface area (Å²) in [5, 5.41) is 12.4. The highest BCUT2D eigenvalue weighted by Crippen LogP contribution is 2.23. The highest BCUT2D eigenvalue weighted by molar-refractivity contribution is 8.00. The second-order valence-electron chi connectivity index (χ2n) is 6.72. The van der Waals surface area contributed by atoms with Crippen molar-refractivity contribution < 1.29 is 4.79 Å². The molecule has 1 fully saturated rings. The lowest BCUT2D eigenvalue weighted by Crippen LogP contribution is -2.40. The van der Waals surface area contributed by atoms with E-state index in [1.165, 1.54) is 36.6 Å². The Labute approximate surface area is 153 Å². The molecule has 1 unspecified atom stereocenters. The van der Waals surface area contributed by atoms with Crippen LogP contribution in [0.1, 0.15) is 50.4 Å². The molecule has 6 heteroatoms. The molecular formula is C19H26N4OS. The Kier molecular flexibility index (Phi) is 6.13. The van der Waals surface area contributed by atoms with Crippen LogP contribution in [0.2, 0.25) is 0 Å². The van der Waals surface area contributed by atoms with Gasteiger partial charge in [-0.25, -0.2) is 0 Å². The quantitative estimate of drug-likeness (QED) is 0.805. The molecule has 1 saturated carbocycles. The average molecular weight is 359 g/mol. The third-order valence-corrected chi connectivity index (χ3v) is 5.87. The number of aromatic nitrogens is 3. The van der Waals surface area contributed by atoms with Gasteiger partial charge < -0.3 is 9.88 Å². The first-order chi connectivity index (χ1) is 12.1. The lowest BCUT2D eigenvalue weighted by Gasteiger charge is -2.24. The molecule has 2 aromatic rings. The Morgan fingerprint density at radius 3 is 2.68 bits per heavy atom. The fourth-order valence-electron chi connectivity index (χ4n) is 3.16. The van der Waals surface area contributed by atoms with Crippen molar-refractivity contribution in [3.05, 3.63) is 41.7 Å². The number of nitrogens with one attached hydrogen (secondary N) is 1. The number of nitrogens with zero attached hydrogens (tertiary/aromatic N) is 3. The highest BCUT2D eigenvalue weighted by Gasteiger charge is 2.22. The Morgan fingerprint density at radius 1 is 1.24 bits per heavy atom. The van der Waals surface area contributed by atoms with E-state index in [2.05, 4.69) is 27.6 Å². The molecule has 0 bridgehead atoms. The van der Waals surface area contributed by atoms with Gasteiger partial charge in [-0.2, -0.15) is 0 Å². The molecule has 1 heterocycles. The van der Waals surface area contributed by atoms with Crippen LogP contribution in [0.15, 0.2) is 35.5 Å². The molecule has 134 valence electrons. The molecule has 1 amide bonds. The minimum absolute atomic E-state index is 0.101. The topological polar surface area (TPSA) is 59.8 Å². The molecule has 1 aliphatic rings. The SMILES string of the molecule is CC(Sc1nnc(Cc2ccccc2)n1C)C(=O)NC1CCCCC1. The molecule has 0 saturated heterocycles. The van der Waals surface area contributed by atoms with E-state index < -0.39 is 0 Å². The van der Waals surface area contributed by atoms with Gasteiger partial charge in [0.2, 0.25) is 5.91 Å². The summed E-state index contributed by atoms with van der Waals surface area (Å²) in [5.41, 5.74) is 1.21. The van der Waals surface area contributed by atoms with Crippen molar-refractivity contribution in [1.82, 2.24) is 20.1 Å². The zero-order valence-electron chi connectivity index (χ0n) is 14.9. The molecule has 1 aliphatic carbocycles. The Bertz CT molecular complexity index is 695. The number of hydrogen-bond acceptors (Lipinski definition) is 4. The van der Waals surface area contributed by atoms with Crippen LogP contribution >= 0.6 is 11.8 Å². The first-order valence-electron chi connectivity index (χ1n) is 9.02. The van der Waals surface area contributed by atoms with E-state index in [4.69, 9.17) is 0 Å². The smallest absolute Gasteiger partial charge is 0.233 e. The zero-order chi connectivity index (χ0) is 17.6. The lowest BCUT2D eigenvalue weighted by molar-refractivity contribution is -0.121. The van der Waals surface area contributed by atoms with Crippen LogP contribution in [-0.2, 0) is 18.3 Å². The molecule has 3 rings (SSSR count). The summed E-state index contributed by atoms with van der Waals surface area (Å²) >= 11 is 1.48. The second-order valence-corrected chi connectivity index (χ2v) is 8.03. The predicted octanol–water partition coefficient (Wildman–Crippen LogP) is 3.34. The van der Waals surface area contributed by atoms with Gasteiger partial charge in [0, 0.05) is 19.5 Å². The summed E-state index contributed by atoms with van der Waals surface area (Å²) in [6.45, 7) is 1.94. The van der Waals surface area contributed by atoms with E-state index >= 15 is 0 Å². The zero-order valence-corrected chi connectivity index (χ0v) is 15.8. The lowest BCUT2D eigenvalue weighted by atomic mass is 9.95. The second kappa shape index (κ2) is 8.52. The van der Waals surface area contributed by atoms with Crippen molar-refractivity contribution in [2.45, 2.75) is 61.9 Å². The first kappa shape index (κ1) is 18.0. The third-order valence-electron chi connectivity index (χ3n) is 4.73. The minimum atomic E-state index is -0.172. The molecule has 1 aromatic heterocycles. The van der Waals surface area contributed by atoms with Crippen LogP contribution in [0.3, 0.4) is 0 Å². The van der Waals surface area contributed by atoms with Crippen molar-refractivity contribution in [3.63, 3.8) is 0 Å². The predicted molar refractivity (Wildman–Crippen MR) is 101 cm³/mol. The standard InChI is InChI=1S/C19H26N4OS/c1-14(18(24)20-16-11-7-4-8-12-16)25-19-22-21-17(23(19)2)13-15-9-5-3-6-10-15/h3,5-6,9-10,14,16H,4,7-8,11-13H2,1-2H3,(H,20,24). The monoisotopic (exact) mass is 358 g/mol. The van der Waals surface area contributed by atoms with Gasteiger partial charge in [0.25, 0.3) is 0 Å². The van der Waals surface area contributed by atoms with E-state index in [-0.39, 0.29) is 11.2 Å². The molecule has 1 N–H and O–H groups in total. The number of rotatable bonds is 6. The number of carbonyl (C=O) groups is 1. The van der Waals surface area contributed by atoms with Gasteiger partial charge in [0.15, 0.2) is 5.16 Å². The summed E-state index contributed by atoms with van der Waals surface area (Å²) in [6.07, 6.45) is 6.69. The maximum Gasteiger partial charge on any atom is 0.233 e. The number of carbonyl (C=O) groups excluding carboxylic acids is 1. The van der Waals surface area contributed by atoms with Crippen LogP contribution in [0.4, 0.5) is 0 Å². The summed E-state index contributed by atoms with van der Waals surface area (Å²) in [6, 6.07) is 10.6. The van der Waals surface area contributed by atoms with Gasteiger partial charge in [-0.05, 0) is 25.3 Å². The Balaban J connectivity index is 1.57. The van der Waals surface area contributed by atoms with E-state index in [1.54, 1.807) is 0 Å². The molecular weight excluding hydrogens is 332 g/mol. The van der Waals surface area contributed by atoms with Crippen molar-refractivity contribution >= 4 is 17.7 Å². The fraction of sp³-hybridized carbons (Fsp3) is 0.526. The van der Waals surface area contributed by atoms with Crippen molar-refractivity contribution in [3.8, 4) is 0 Å². The highest BCUT2D eigenvalue weighted by atomic mass is 32.2. The summed E-state index contributed by atoms with van der Waals surface area (Å²) < 4.78 is 1.99. The van der Waals surface area contributed by atoms with Gasteiger partial charge >= 0.3 is 0 Å². The number of benzene rings is 1. The van der Waals surface area contributed by atoms with Crippen LogP contribution in [0.25, 0.3) is 0 Å². The van der Waals surface area contributed by atoms with E-state index in [0.29, 0.717) is 6.04 Å². The molecule has 0 radical (unpaired) electrons. The molecule has 5 nitrogen and oxygen atoms in total. The van der Waals surface area contributed by atoms with E-state index in [1.807, 2.05) is 36.7 Å². The molecule has 1 atom stereocenters. The van der Waals surface area contributed by atoms with E-state index in [9.17, 15) is 4.79 Å². The first-order valence-corrected chi connectivity index (χ1v) is 9.90. The number of thioether (sulfide) groups is 1. The van der Waals surface area contributed by atoms with E-state index in [0.717, 1.165) is 30.2 Å². The fourth-order valence-corrected chi connectivity index (χ4v) is 4.00. The van der Waals surface area contributed by atoms with Crippen molar-refractivity contribution in [1.29, 1.82) is 0 Å². The Morgan fingerprint density at radius 2 is 1.96 bits per heavy atom. The summed E-state index contributed by atoms with van der Waals surface area (Å²) in [7, 11) is 1.96. The van der Waals surface area contributed by atoms with Gasteiger partial charge in [0.1, 0.15) is 5.82 Å². The van der Waals surface area contributed by atoms with Crippen LogP contribution in [-0.4, -0.2) is 32.0 Å². The summed E-state index contributed by atoms with van der Waals surface area (Å²) in [5.74, 6) is 1.01. The minimum Gasteiger partial charge on any atom is -0.352 e. The maximum absolute atomic E-state index is 12.4. The van der Waals surface area contributed by atoms with Crippen LogP contribution in [0.5, 0.6) is 0 Å². The average Bonchev–Trinajstić information content (AvgIpc) is 2.97. The number of amides is 1. The van der Waals surface area contributed by atoms with Gasteiger partial charge in [-0.3, -0.25) is 4.79 Å². The summed E-state index contributed by atoms with van der Waals surface area (Å²) in [4.78, 5) is 12.4. The van der Waals surface area contributed by atoms with Gasteiger partial charge in [-0.1, -0.05) is 61.4 Å². The molecule has 1 aromatic carbocycles. The van der Waals surface area contributed by atoms with Crippen molar-refractivity contribution in [2.24, 2.45) is 7.05 Å².